The van der Waals surface area contributed by atoms with Gasteiger partial charge in [0.2, 0.25) is 0 Å². The predicted octanol–water partition coefficient (Wildman–Crippen LogP) is 4.77. The summed E-state index contributed by atoms with van der Waals surface area (Å²) in [6, 6.07) is 5.61. The molecular weight excluding hydrogens is 279 g/mol. The molecule has 1 nitrogen and oxygen atoms in total. The second-order valence-electron chi connectivity index (χ2n) is 4.25. The summed E-state index contributed by atoms with van der Waals surface area (Å²) in [5, 5.41) is 0.704. The van der Waals surface area contributed by atoms with Crippen molar-refractivity contribution >= 4 is 34.8 Å². The highest BCUT2D eigenvalue weighted by Crippen LogP contribution is 2.34. The molecule has 0 aliphatic rings. The minimum atomic E-state index is -0.0962. The number of ether oxygens (including phenoxy) is 1. The van der Waals surface area contributed by atoms with E-state index in [2.05, 4.69) is 6.92 Å². The fourth-order valence-corrected chi connectivity index (χ4v) is 2.78. The van der Waals surface area contributed by atoms with Gasteiger partial charge in [-0.1, -0.05) is 18.5 Å². The fourth-order valence-electron chi connectivity index (χ4n) is 1.73. The molecule has 0 aliphatic heterocycles. The summed E-state index contributed by atoms with van der Waals surface area (Å²) in [5.74, 6) is 1.90. The Kier molecular flexibility index (Phi) is 5.91. The zero-order chi connectivity index (χ0) is 12.9. The van der Waals surface area contributed by atoms with Crippen LogP contribution in [0.5, 0.6) is 5.75 Å². The predicted molar refractivity (Wildman–Crippen MR) is 75.9 cm³/mol. The Morgan fingerprint density at radius 2 is 1.88 bits per heavy atom. The van der Waals surface area contributed by atoms with E-state index >= 15 is 0 Å². The van der Waals surface area contributed by atoms with Crippen LogP contribution in [0.15, 0.2) is 18.2 Å². The molecule has 0 unspecified atom stereocenters. The largest absolute Gasteiger partial charge is 0.496 e. The molecule has 1 aromatic carbocycles. The van der Waals surface area contributed by atoms with Crippen molar-refractivity contribution in [3.8, 4) is 5.75 Å². The zero-order valence-corrected chi connectivity index (χ0v) is 12.4. The molecule has 0 saturated heterocycles. The Bertz CT molecular complexity index is 353. The maximum absolute atomic E-state index is 6.05. The number of alkyl halides is 2. The molecule has 17 heavy (non-hydrogen) atoms. The molecule has 96 valence electrons. The molecular formula is C13H17Cl3O. The Balaban J connectivity index is 3.03. The quantitative estimate of drug-likeness (QED) is 0.687. The molecule has 0 bridgehead atoms. The van der Waals surface area contributed by atoms with Gasteiger partial charge in [0.1, 0.15) is 5.75 Å². The Morgan fingerprint density at radius 1 is 1.24 bits per heavy atom. The van der Waals surface area contributed by atoms with Crippen LogP contribution in [0.25, 0.3) is 0 Å². The van der Waals surface area contributed by atoms with Crippen LogP contribution in [-0.4, -0.2) is 18.9 Å². The SMILES string of the molecule is CCC(CCl)(CCl)Cc1cc(Cl)ccc1OC. The maximum Gasteiger partial charge on any atom is 0.122 e. The minimum absolute atomic E-state index is 0.0962. The number of rotatable bonds is 6. The highest BCUT2D eigenvalue weighted by molar-refractivity contribution is 6.30. The third kappa shape index (κ3) is 3.67. The second kappa shape index (κ2) is 6.72. The lowest BCUT2D eigenvalue weighted by Crippen LogP contribution is -2.27. The topological polar surface area (TPSA) is 9.23 Å². The Labute approximate surface area is 118 Å². The van der Waals surface area contributed by atoms with Crippen LogP contribution in [0.1, 0.15) is 18.9 Å². The van der Waals surface area contributed by atoms with Crippen molar-refractivity contribution in [2.45, 2.75) is 19.8 Å². The zero-order valence-electron chi connectivity index (χ0n) is 10.1. The monoisotopic (exact) mass is 294 g/mol. The van der Waals surface area contributed by atoms with Crippen molar-refractivity contribution in [2.24, 2.45) is 5.41 Å². The van der Waals surface area contributed by atoms with Gasteiger partial charge in [-0.15, -0.1) is 23.2 Å². The van der Waals surface area contributed by atoms with Crippen LogP contribution in [0.3, 0.4) is 0 Å². The van der Waals surface area contributed by atoms with Crippen molar-refractivity contribution in [1.29, 1.82) is 0 Å². The van der Waals surface area contributed by atoms with Gasteiger partial charge in [0.05, 0.1) is 7.11 Å². The van der Waals surface area contributed by atoms with Gasteiger partial charge >= 0.3 is 0 Å². The van der Waals surface area contributed by atoms with Gasteiger partial charge in [-0.3, -0.25) is 0 Å². The average Bonchev–Trinajstić information content (AvgIpc) is 2.36. The van der Waals surface area contributed by atoms with E-state index < -0.39 is 0 Å². The molecule has 0 N–H and O–H groups in total. The smallest absolute Gasteiger partial charge is 0.122 e. The number of hydrogen-bond acceptors (Lipinski definition) is 1. The lowest BCUT2D eigenvalue weighted by atomic mass is 9.82. The summed E-state index contributed by atoms with van der Waals surface area (Å²) in [6.07, 6.45) is 1.70. The van der Waals surface area contributed by atoms with Crippen molar-refractivity contribution in [3.63, 3.8) is 0 Å². The minimum Gasteiger partial charge on any atom is -0.496 e. The van der Waals surface area contributed by atoms with Crippen LogP contribution >= 0.6 is 34.8 Å². The van der Waals surface area contributed by atoms with E-state index in [1.165, 1.54) is 0 Å². The standard InChI is InChI=1S/C13H17Cl3O/c1-3-13(8-14,9-15)7-10-6-11(16)4-5-12(10)17-2/h4-6H,3,7-9H2,1-2H3. The van der Waals surface area contributed by atoms with Gasteiger partial charge in [-0.05, 0) is 36.6 Å². The summed E-state index contributed by atoms with van der Waals surface area (Å²) in [6.45, 7) is 2.10. The molecule has 0 atom stereocenters. The lowest BCUT2D eigenvalue weighted by molar-refractivity contribution is 0.348. The normalized spacial score (nSPS) is 11.6. The number of benzene rings is 1. The highest BCUT2D eigenvalue weighted by Gasteiger charge is 2.28. The number of methoxy groups -OCH3 is 1. The molecule has 0 amide bonds. The summed E-state index contributed by atoms with van der Waals surface area (Å²) in [4.78, 5) is 0. The van der Waals surface area contributed by atoms with Crippen LogP contribution in [0.2, 0.25) is 5.02 Å². The molecule has 4 heteroatoms. The Morgan fingerprint density at radius 3 is 2.35 bits per heavy atom. The van der Waals surface area contributed by atoms with E-state index in [4.69, 9.17) is 39.5 Å². The first kappa shape index (κ1) is 14.9. The van der Waals surface area contributed by atoms with Crippen LogP contribution in [-0.2, 0) is 6.42 Å². The van der Waals surface area contributed by atoms with E-state index in [9.17, 15) is 0 Å². The van der Waals surface area contributed by atoms with Crippen LogP contribution < -0.4 is 4.74 Å². The lowest BCUT2D eigenvalue weighted by Gasteiger charge is -2.28. The molecule has 1 aromatic rings. The molecule has 0 spiro atoms. The van der Waals surface area contributed by atoms with Crippen LogP contribution in [0.4, 0.5) is 0 Å². The summed E-state index contributed by atoms with van der Waals surface area (Å²) >= 11 is 18.1. The number of halogens is 3. The molecule has 0 radical (unpaired) electrons. The van der Waals surface area contributed by atoms with Crippen LogP contribution in [0, 0.1) is 5.41 Å². The van der Waals surface area contributed by atoms with Crippen molar-refractivity contribution in [2.75, 3.05) is 18.9 Å². The summed E-state index contributed by atoms with van der Waals surface area (Å²) in [7, 11) is 1.65. The van der Waals surface area contributed by atoms with Gasteiger partial charge < -0.3 is 4.74 Å². The number of hydrogen-bond donors (Lipinski definition) is 0. The van der Waals surface area contributed by atoms with Gasteiger partial charge in [-0.2, -0.15) is 0 Å². The maximum atomic E-state index is 6.05. The Hall–Kier alpha value is -0.110. The molecule has 1 rings (SSSR count). The average molecular weight is 296 g/mol. The van der Waals surface area contributed by atoms with Gasteiger partial charge in [0.15, 0.2) is 0 Å². The summed E-state index contributed by atoms with van der Waals surface area (Å²) < 4.78 is 5.33. The van der Waals surface area contributed by atoms with Crippen molar-refractivity contribution < 1.29 is 4.74 Å². The van der Waals surface area contributed by atoms with Crippen molar-refractivity contribution in [1.82, 2.24) is 0 Å². The second-order valence-corrected chi connectivity index (χ2v) is 5.22. The van der Waals surface area contributed by atoms with Gasteiger partial charge in [0.25, 0.3) is 0 Å². The molecule has 0 saturated carbocycles. The van der Waals surface area contributed by atoms with E-state index in [1.54, 1.807) is 7.11 Å². The first-order valence-corrected chi connectivity index (χ1v) is 7.00. The first-order chi connectivity index (χ1) is 8.10. The first-order valence-electron chi connectivity index (χ1n) is 5.55. The molecule has 0 heterocycles. The third-order valence-electron chi connectivity index (χ3n) is 3.12. The van der Waals surface area contributed by atoms with Crippen molar-refractivity contribution in [3.05, 3.63) is 28.8 Å². The molecule has 0 aromatic heterocycles. The third-order valence-corrected chi connectivity index (χ3v) is 4.49. The van der Waals surface area contributed by atoms with Gasteiger partial charge in [0, 0.05) is 22.2 Å². The van der Waals surface area contributed by atoms with Gasteiger partial charge in [-0.25, -0.2) is 0 Å². The molecule has 0 fully saturated rings. The van der Waals surface area contributed by atoms with E-state index in [0.29, 0.717) is 16.8 Å². The van der Waals surface area contributed by atoms with E-state index in [0.717, 1.165) is 24.2 Å². The van der Waals surface area contributed by atoms with E-state index in [1.807, 2.05) is 18.2 Å². The highest BCUT2D eigenvalue weighted by atomic mass is 35.5. The molecule has 0 aliphatic carbocycles. The summed E-state index contributed by atoms with van der Waals surface area (Å²) in [5.41, 5.74) is 0.962. The van der Waals surface area contributed by atoms with E-state index in [-0.39, 0.29) is 5.41 Å². The fraction of sp³-hybridized carbons (Fsp3) is 0.538.